The number of hydrogen-bond acceptors (Lipinski definition) is 2. The second-order valence-electron chi connectivity index (χ2n) is 6.13. The summed E-state index contributed by atoms with van der Waals surface area (Å²) < 4.78 is 0. The highest BCUT2D eigenvalue weighted by Gasteiger charge is 2.37. The number of carbonyl (C=O) groups excluding carboxylic acids is 1. The summed E-state index contributed by atoms with van der Waals surface area (Å²) in [5.74, 6) is 0.144. The van der Waals surface area contributed by atoms with E-state index in [1.807, 2.05) is 36.4 Å². The summed E-state index contributed by atoms with van der Waals surface area (Å²) in [6.07, 6.45) is 2.40. The number of nitrogens with zero attached hydrogens (tertiary/aromatic N) is 1. The first kappa shape index (κ1) is 17.3. The second kappa shape index (κ2) is 7.56. The Labute approximate surface area is 151 Å². The maximum Gasteiger partial charge on any atom is 0.230 e. The van der Waals surface area contributed by atoms with E-state index in [1.54, 1.807) is 17.0 Å². The lowest BCUT2D eigenvalue weighted by molar-refractivity contribution is -0.120. The van der Waals surface area contributed by atoms with Gasteiger partial charge in [-0.05, 0) is 61.2 Å². The number of benzene rings is 2. The summed E-state index contributed by atoms with van der Waals surface area (Å²) in [5, 5.41) is 11.2. The number of amides is 1. The lowest BCUT2D eigenvalue weighted by Gasteiger charge is -2.31. The van der Waals surface area contributed by atoms with Gasteiger partial charge in [0.15, 0.2) is 0 Å². The van der Waals surface area contributed by atoms with Crippen molar-refractivity contribution in [2.24, 2.45) is 5.92 Å². The van der Waals surface area contributed by atoms with E-state index in [0.29, 0.717) is 16.5 Å². The monoisotopic (exact) mass is 363 g/mol. The molecule has 1 fully saturated rings. The molecular weight excluding hydrogens is 345 g/mol. The van der Waals surface area contributed by atoms with Crippen LogP contribution < -0.4 is 4.90 Å². The Hall–Kier alpha value is -1.55. The summed E-state index contributed by atoms with van der Waals surface area (Å²) in [4.78, 5) is 14.5. The molecule has 1 unspecified atom stereocenters. The van der Waals surface area contributed by atoms with Crippen LogP contribution >= 0.6 is 23.2 Å². The van der Waals surface area contributed by atoms with E-state index < -0.39 is 0 Å². The summed E-state index contributed by atoms with van der Waals surface area (Å²) in [6, 6.07) is 14.4. The molecule has 1 aliphatic carbocycles. The van der Waals surface area contributed by atoms with Crippen LogP contribution in [0, 0.1) is 5.92 Å². The predicted molar refractivity (Wildman–Crippen MR) is 97.7 cm³/mol. The molecule has 0 radical (unpaired) electrons. The molecular formula is C19H19Cl2NO2. The van der Waals surface area contributed by atoms with Gasteiger partial charge in [-0.3, -0.25) is 4.79 Å². The third-order valence-electron chi connectivity index (χ3n) is 4.23. The molecule has 2 aromatic carbocycles. The van der Waals surface area contributed by atoms with Crippen molar-refractivity contribution >= 4 is 34.8 Å². The van der Waals surface area contributed by atoms with Gasteiger partial charge >= 0.3 is 0 Å². The lowest BCUT2D eigenvalue weighted by Crippen LogP contribution is -2.45. The van der Waals surface area contributed by atoms with Gasteiger partial charge in [-0.2, -0.15) is 0 Å². The lowest BCUT2D eigenvalue weighted by atomic mass is 10.0. The topological polar surface area (TPSA) is 40.5 Å². The molecule has 0 bridgehead atoms. The number of aliphatic hydroxyl groups excluding tert-OH is 1. The fraction of sp³-hybridized carbons (Fsp3) is 0.316. The maximum absolute atomic E-state index is 12.8. The van der Waals surface area contributed by atoms with Crippen molar-refractivity contribution in [2.45, 2.75) is 25.3 Å². The standard InChI is InChI=1S/C19H19Cl2NO2/c20-15-5-1-13(2-6-15)11-18(12-23)22(19(24)14-3-4-14)17-9-7-16(21)8-10-17/h1-2,5-10,14,18,23H,3-4,11-12H2. The summed E-state index contributed by atoms with van der Waals surface area (Å²) in [5.41, 5.74) is 1.80. The molecule has 0 aromatic heterocycles. The SMILES string of the molecule is O=C(C1CC1)N(c1ccc(Cl)cc1)C(CO)Cc1ccc(Cl)cc1. The van der Waals surface area contributed by atoms with Gasteiger partial charge in [-0.25, -0.2) is 0 Å². The number of aliphatic hydroxyl groups is 1. The van der Waals surface area contributed by atoms with E-state index in [2.05, 4.69) is 0 Å². The molecule has 1 N–H and O–H groups in total. The molecule has 1 amide bonds. The highest BCUT2D eigenvalue weighted by Crippen LogP contribution is 2.34. The van der Waals surface area contributed by atoms with Crippen LogP contribution in [0.3, 0.4) is 0 Å². The number of hydrogen-bond donors (Lipinski definition) is 1. The Morgan fingerprint density at radius 1 is 1.04 bits per heavy atom. The van der Waals surface area contributed by atoms with Crippen LogP contribution in [0.5, 0.6) is 0 Å². The van der Waals surface area contributed by atoms with Crippen LogP contribution in [-0.4, -0.2) is 23.7 Å². The molecule has 2 aromatic rings. The molecule has 3 nitrogen and oxygen atoms in total. The van der Waals surface area contributed by atoms with E-state index in [-0.39, 0.29) is 24.5 Å². The van der Waals surface area contributed by atoms with Crippen molar-refractivity contribution in [3.8, 4) is 0 Å². The van der Waals surface area contributed by atoms with Crippen LogP contribution in [0.2, 0.25) is 10.0 Å². The molecule has 1 atom stereocenters. The minimum Gasteiger partial charge on any atom is -0.394 e. The molecule has 5 heteroatoms. The highest BCUT2D eigenvalue weighted by atomic mass is 35.5. The van der Waals surface area contributed by atoms with Crippen LogP contribution in [0.15, 0.2) is 48.5 Å². The molecule has 3 rings (SSSR count). The smallest absolute Gasteiger partial charge is 0.230 e. The van der Waals surface area contributed by atoms with Crippen LogP contribution in [0.4, 0.5) is 5.69 Å². The summed E-state index contributed by atoms with van der Waals surface area (Å²) >= 11 is 11.9. The Bertz CT molecular complexity index is 696. The second-order valence-corrected chi connectivity index (χ2v) is 7.00. The zero-order chi connectivity index (χ0) is 17.1. The Balaban J connectivity index is 1.88. The van der Waals surface area contributed by atoms with Gasteiger partial charge in [0.05, 0.1) is 12.6 Å². The molecule has 0 aliphatic heterocycles. The summed E-state index contributed by atoms with van der Waals surface area (Å²) in [7, 11) is 0. The van der Waals surface area contributed by atoms with E-state index in [0.717, 1.165) is 24.1 Å². The average molecular weight is 364 g/mol. The zero-order valence-electron chi connectivity index (χ0n) is 13.2. The maximum atomic E-state index is 12.8. The number of carbonyl (C=O) groups is 1. The van der Waals surface area contributed by atoms with Crippen LogP contribution in [0.25, 0.3) is 0 Å². The predicted octanol–water partition coefficient (Wildman–Crippen LogP) is 4.34. The van der Waals surface area contributed by atoms with Crippen LogP contribution in [-0.2, 0) is 11.2 Å². The van der Waals surface area contributed by atoms with Crippen molar-refractivity contribution < 1.29 is 9.90 Å². The number of rotatable bonds is 6. The molecule has 0 spiro atoms. The number of halogens is 2. The number of anilines is 1. The van der Waals surface area contributed by atoms with E-state index >= 15 is 0 Å². The largest absolute Gasteiger partial charge is 0.394 e. The quantitative estimate of drug-likeness (QED) is 0.828. The molecule has 1 aliphatic rings. The molecule has 0 saturated heterocycles. The Morgan fingerprint density at radius 2 is 1.58 bits per heavy atom. The van der Waals surface area contributed by atoms with Crippen molar-refractivity contribution in [2.75, 3.05) is 11.5 Å². The third kappa shape index (κ3) is 4.10. The first-order chi connectivity index (χ1) is 11.6. The van der Waals surface area contributed by atoms with Gasteiger partial charge in [-0.1, -0.05) is 35.3 Å². The first-order valence-corrected chi connectivity index (χ1v) is 8.78. The van der Waals surface area contributed by atoms with Gasteiger partial charge in [0.25, 0.3) is 0 Å². The first-order valence-electron chi connectivity index (χ1n) is 8.02. The third-order valence-corrected chi connectivity index (χ3v) is 4.73. The van der Waals surface area contributed by atoms with Gasteiger partial charge in [0.1, 0.15) is 0 Å². The van der Waals surface area contributed by atoms with E-state index in [4.69, 9.17) is 23.2 Å². The average Bonchev–Trinajstić information content (AvgIpc) is 3.42. The Morgan fingerprint density at radius 3 is 2.08 bits per heavy atom. The van der Waals surface area contributed by atoms with Gasteiger partial charge in [0.2, 0.25) is 5.91 Å². The molecule has 24 heavy (non-hydrogen) atoms. The van der Waals surface area contributed by atoms with Gasteiger partial charge in [-0.15, -0.1) is 0 Å². The normalized spacial score (nSPS) is 15.1. The molecule has 0 heterocycles. The van der Waals surface area contributed by atoms with Crippen molar-refractivity contribution in [3.05, 3.63) is 64.1 Å². The fourth-order valence-corrected chi connectivity index (χ4v) is 3.03. The zero-order valence-corrected chi connectivity index (χ0v) is 14.7. The van der Waals surface area contributed by atoms with Crippen molar-refractivity contribution in [1.82, 2.24) is 0 Å². The van der Waals surface area contributed by atoms with E-state index in [1.165, 1.54) is 0 Å². The molecule has 126 valence electrons. The van der Waals surface area contributed by atoms with E-state index in [9.17, 15) is 9.90 Å². The van der Waals surface area contributed by atoms with Gasteiger partial charge in [0, 0.05) is 21.7 Å². The van der Waals surface area contributed by atoms with Crippen molar-refractivity contribution in [3.63, 3.8) is 0 Å². The summed E-state index contributed by atoms with van der Waals surface area (Å²) in [6.45, 7) is -0.107. The Kier molecular flexibility index (Phi) is 5.44. The fourth-order valence-electron chi connectivity index (χ4n) is 2.78. The van der Waals surface area contributed by atoms with Crippen LogP contribution in [0.1, 0.15) is 18.4 Å². The van der Waals surface area contributed by atoms with Crippen molar-refractivity contribution in [1.29, 1.82) is 0 Å². The molecule has 1 saturated carbocycles. The minimum absolute atomic E-state index is 0.0694. The van der Waals surface area contributed by atoms with Gasteiger partial charge < -0.3 is 10.0 Å². The minimum atomic E-state index is -0.319. The highest BCUT2D eigenvalue weighted by molar-refractivity contribution is 6.30.